The van der Waals surface area contributed by atoms with Crippen molar-refractivity contribution in [3.8, 4) is 5.75 Å². The molecule has 1 atom stereocenters. The fraction of sp³-hybridized carbons (Fsp3) is 0.240. The second-order valence-corrected chi connectivity index (χ2v) is 11.4. The number of thioether (sulfide) groups is 2. The van der Waals surface area contributed by atoms with E-state index < -0.39 is 6.43 Å². The van der Waals surface area contributed by atoms with E-state index in [1.54, 1.807) is 50.6 Å². The van der Waals surface area contributed by atoms with Gasteiger partial charge in [0.05, 0.1) is 28.8 Å². The predicted molar refractivity (Wildman–Crippen MR) is 145 cm³/mol. The number of halogens is 2. The Balaban J connectivity index is 1.37. The highest BCUT2D eigenvalue weighted by atomic mass is 32.2. The van der Waals surface area contributed by atoms with Gasteiger partial charge in [-0.3, -0.25) is 4.79 Å². The van der Waals surface area contributed by atoms with Gasteiger partial charge in [-0.05, 0) is 55.8 Å². The fourth-order valence-electron chi connectivity index (χ4n) is 3.24. The van der Waals surface area contributed by atoms with E-state index in [9.17, 15) is 13.6 Å². The fourth-order valence-corrected chi connectivity index (χ4v) is 6.34. The van der Waals surface area contributed by atoms with Crippen LogP contribution in [0.25, 0.3) is 10.2 Å². The van der Waals surface area contributed by atoms with Crippen LogP contribution < -0.4 is 10.2 Å². The van der Waals surface area contributed by atoms with Gasteiger partial charge >= 0.3 is 0 Å². The summed E-state index contributed by atoms with van der Waals surface area (Å²) in [5.41, 5.74) is 5.22. The van der Waals surface area contributed by atoms with E-state index in [1.165, 1.54) is 29.6 Å². The maximum atomic E-state index is 13.1. The molecule has 0 saturated carbocycles. The van der Waals surface area contributed by atoms with Crippen molar-refractivity contribution in [1.29, 1.82) is 0 Å². The average molecular weight is 560 g/mol. The van der Waals surface area contributed by atoms with Crippen LogP contribution in [0.4, 0.5) is 8.78 Å². The highest BCUT2D eigenvalue weighted by molar-refractivity contribution is 8.02. The van der Waals surface area contributed by atoms with Gasteiger partial charge in [0.2, 0.25) is 0 Å². The van der Waals surface area contributed by atoms with Crippen LogP contribution in [0.2, 0.25) is 0 Å². The Morgan fingerprint density at radius 1 is 1.19 bits per heavy atom. The number of alkyl halides is 2. The van der Waals surface area contributed by atoms with E-state index in [4.69, 9.17) is 4.74 Å². The molecule has 0 spiro atoms. The Morgan fingerprint density at radius 3 is 2.76 bits per heavy atom. The molecule has 0 saturated heterocycles. The second-order valence-electron chi connectivity index (χ2n) is 7.82. The van der Waals surface area contributed by atoms with Gasteiger partial charge in [0.15, 0.2) is 9.50 Å². The summed E-state index contributed by atoms with van der Waals surface area (Å²) < 4.78 is 33.5. The van der Waals surface area contributed by atoms with Crippen molar-refractivity contribution in [2.24, 2.45) is 5.10 Å². The Morgan fingerprint density at radius 2 is 2.00 bits per heavy atom. The van der Waals surface area contributed by atoms with Crippen molar-refractivity contribution in [3.63, 3.8) is 0 Å². The number of para-hydroxylation sites is 1. The van der Waals surface area contributed by atoms with Gasteiger partial charge in [-0.2, -0.15) is 5.10 Å². The third-order valence-electron chi connectivity index (χ3n) is 5.05. The van der Waals surface area contributed by atoms with Crippen molar-refractivity contribution in [2.45, 2.75) is 40.8 Å². The van der Waals surface area contributed by atoms with E-state index in [0.29, 0.717) is 17.2 Å². The minimum Gasteiger partial charge on any atom is -0.496 e. The zero-order chi connectivity index (χ0) is 26.4. The molecule has 2 aromatic heterocycles. The number of nitrogens with one attached hydrogen (secondary N) is 1. The Hall–Kier alpha value is -3.09. The molecular weight excluding hydrogens is 537 g/mol. The van der Waals surface area contributed by atoms with E-state index in [0.717, 1.165) is 25.7 Å². The number of methoxy groups -OCH3 is 1. The number of hydrogen-bond donors (Lipinski definition) is 1. The molecule has 0 aliphatic rings. The number of carbonyl (C=O) groups is 1. The molecule has 2 heterocycles. The molecule has 0 unspecified atom stereocenters. The molecule has 1 amide bonds. The number of benzene rings is 2. The molecule has 2 aromatic carbocycles. The quantitative estimate of drug-likeness (QED) is 0.106. The molecular formula is C25H23F2N5O2S3. The first-order valence-corrected chi connectivity index (χ1v) is 13.8. The first-order chi connectivity index (χ1) is 17.8. The lowest BCUT2D eigenvalue weighted by Gasteiger charge is -2.10. The van der Waals surface area contributed by atoms with Gasteiger partial charge in [0.25, 0.3) is 12.3 Å². The number of thiazole rings is 1. The number of hydrazone groups is 1. The third-order valence-corrected chi connectivity index (χ3v) is 8.17. The molecule has 7 nitrogen and oxygen atoms in total. The summed E-state index contributed by atoms with van der Waals surface area (Å²) in [7, 11) is 1.56. The molecule has 0 aliphatic carbocycles. The number of aryl methyl sites for hydroxylation is 1. The SMILES string of the molecule is COc1ccc(/C=N\NC(=O)[C@@H](C)Sc2nc3ccccc3s2)cc1CSc1nc(C)cc(C(F)F)n1. The van der Waals surface area contributed by atoms with E-state index in [1.807, 2.05) is 30.3 Å². The molecule has 0 fully saturated rings. The van der Waals surface area contributed by atoms with Gasteiger partial charge in [-0.1, -0.05) is 35.7 Å². The van der Waals surface area contributed by atoms with E-state index >= 15 is 0 Å². The minimum absolute atomic E-state index is 0.240. The summed E-state index contributed by atoms with van der Waals surface area (Å²) in [5.74, 6) is 0.798. The normalized spacial score (nSPS) is 12.4. The summed E-state index contributed by atoms with van der Waals surface area (Å²) >= 11 is 4.17. The maximum Gasteiger partial charge on any atom is 0.280 e. The topological polar surface area (TPSA) is 89.4 Å². The lowest BCUT2D eigenvalue weighted by Crippen LogP contribution is -2.26. The zero-order valence-electron chi connectivity index (χ0n) is 20.1. The van der Waals surface area contributed by atoms with Gasteiger partial charge in [-0.15, -0.1) is 11.3 Å². The molecule has 12 heteroatoms. The summed E-state index contributed by atoms with van der Waals surface area (Å²) in [6, 6.07) is 14.6. The summed E-state index contributed by atoms with van der Waals surface area (Å²) in [6.07, 6.45) is -1.12. The molecule has 1 N–H and O–H groups in total. The van der Waals surface area contributed by atoms with Gasteiger partial charge in [0.1, 0.15) is 11.4 Å². The van der Waals surface area contributed by atoms with Crippen LogP contribution in [-0.2, 0) is 10.5 Å². The van der Waals surface area contributed by atoms with Crippen LogP contribution in [0.5, 0.6) is 5.75 Å². The smallest absolute Gasteiger partial charge is 0.280 e. The average Bonchev–Trinajstić information content (AvgIpc) is 3.29. The summed E-state index contributed by atoms with van der Waals surface area (Å²) in [5, 5.41) is 3.98. The van der Waals surface area contributed by atoms with Gasteiger partial charge < -0.3 is 4.74 Å². The van der Waals surface area contributed by atoms with Crippen LogP contribution >= 0.6 is 34.9 Å². The maximum absolute atomic E-state index is 13.1. The number of rotatable bonds is 10. The molecule has 0 radical (unpaired) electrons. The van der Waals surface area contributed by atoms with Crippen LogP contribution in [0, 0.1) is 6.92 Å². The van der Waals surface area contributed by atoms with Gasteiger partial charge in [-0.25, -0.2) is 29.2 Å². The number of fused-ring (bicyclic) bond motifs is 1. The summed E-state index contributed by atoms with van der Waals surface area (Å²) in [4.78, 5) is 25.2. The van der Waals surface area contributed by atoms with Crippen molar-refractivity contribution in [1.82, 2.24) is 20.4 Å². The van der Waals surface area contributed by atoms with Gasteiger partial charge in [0, 0.05) is 17.0 Å². The molecule has 4 rings (SSSR count). The second kappa shape index (κ2) is 12.4. The highest BCUT2D eigenvalue weighted by Gasteiger charge is 2.17. The Kier molecular flexibility index (Phi) is 9.06. The zero-order valence-corrected chi connectivity index (χ0v) is 22.6. The number of ether oxygens (including phenoxy) is 1. The number of amides is 1. The minimum atomic E-state index is -2.66. The van der Waals surface area contributed by atoms with Crippen LogP contribution in [-0.4, -0.2) is 39.4 Å². The van der Waals surface area contributed by atoms with Crippen molar-refractivity contribution in [2.75, 3.05) is 7.11 Å². The van der Waals surface area contributed by atoms with E-state index in [-0.39, 0.29) is 22.0 Å². The molecule has 192 valence electrons. The molecule has 0 bridgehead atoms. The number of carbonyl (C=O) groups excluding carboxylic acids is 1. The van der Waals surface area contributed by atoms with Crippen LogP contribution in [0.1, 0.15) is 35.9 Å². The first-order valence-electron chi connectivity index (χ1n) is 11.1. The Bertz CT molecular complexity index is 1400. The molecule has 4 aromatic rings. The highest BCUT2D eigenvalue weighted by Crippen LogP contribution is 2.32. The van der Waals surface area contributed by atoms with E-state index in [2.05, 4.69) is 25.5 Å². The third kappa shape index (κ3) is 7.24. The predicted octanol–water partition coefficient (Wildman–Crippen LogP) is 6.26. The van der Waals surface area contributed by atoms with Crippen LogP contribution in [0.15, 0.2) is 63.1 Å². The number of hydrogen-bond acceptors (Lipinski definition) is 9. The first kappa shape index (κ1) is 27.0. The monoisotopic (exact) mass is 559 g/mol. The largest absolute Gasteiger partial charge is 0.496 e. The number of aromatic nitrogens is 3. The lowest BCUT2D eigenvalue weighted by molar-refractivity contribution is -0.120. The Labute approximate surface area is 225 Å². The summed E-state index contributed by atoms with van der Waals surface area (Å²) in [6.45, 7) is 3.46. The number of nitrogens with zero attached hydrogens (tertiary/aromatic N) is 4. The molecule has 37 heavy (non-hydrogen) atoms. The van der Waals surface area contributed by atoms with Crippen molar-refractivity contribution in [3.05, 3.63) is 71.0 Å². The van der Waals surface area contributed by atoms with Crippen molar-refractivity contribution < 1.29 is 18.3 Å². The molecule has 0 aliphatic heterocycles. The van der Waals surface area contributed by atoms with Crippen molar-refractivity contribution >= 4 is 57.2 Å². The van der Waals surface area contributed by atoms with Crippen LogP contribution in [0.3, 0.4) is 0 Å². The lowest BCUT2D eigenvalue weighted by atomic mass is 10.1. The standard InChI is InChI=1S/C25H23F2N5O2S3/c1-14-10-19(22(26)27)30-24(29-14)35-13-17-11-16(8-9-20(17)34-3)12-28-32-23(33)15(2)36-25-31-18-6-4-5-7-21(18)37-25/h4-12,15,22H,13H2,1-3H3,(H,32,33)/b28-12-/t15-/m1/s1.